The van der Waals surface area contributed by atoms with Gasteiger partial charge in [-0.05, 0) is 110 Å². The van der Waals surface area contributed by atoms with E-state index < -0.39 is 35.2 Å². The summed E-state index contributed by atoms with van der Waals surface area (Å²) in [5.74, 6) is -2.47. The molecule has 10 N–H and O–H groups in total. The summed E-state index contributed by atoms with van der Waals surface area (Å²) in [4.78, 5) is 23.4. The lowest BCUT2D eigenvalue weighted by Gasteiger charge is -2.40. The van der Waals surface area contributed by atoms with Gasteiger partial charge in [0.05, 0.1) is 12.2 Å². The van der Waals surface area contributed by atoms with Gasteiger partial charge in [-0.2, -0.15) is 0 Å². The number of rotatable bonds is 16. The third-order valence-corrected chi connectivity index (χ3v) is 10.9. The molecule has 0 amide bonds. The molecular weight excluding hydrogens is 845 g/mol. The Labute approximate surface area is 384 Å². The van der Waals surface area contributed by atoms with E-state index in [0.717, 1.165) is 22.3 Å². The number of phenolic OH excluding ortho intramolecular Hbond substituents is 6. The van der Waals surface area contributed by atoms with Crippen LogP contribution in [0.3, 0.4) is 0 Å². The molecular formula is C52H58N2O12. The molecule has 0 aliphatic carbocycles. The third kappa shape index (κ3) is 15.7. The zero-order chi connectivity index (χ0) is 48.6. The van der Waals surface area contributed by atoms with Crippen LogP contribution in [0.4, 0.5) is 0 Å². The van der Waals surface area contributed by atoms with Crippen LogP contribution < -0.4 is 0 Å². The number of benzene rings is 6. The molecule has 0 spiro atoms. The smallest absolute Gasteiger partial charge is 0.328 e. The summed E-state index contributed by atoms with van der Waals surface area (Å²) in [6.45, 7) is 10.0. The van der Waals surface area contributed by atoms with Gasteiger partial charge in [0, 0.05) is 61.5 Å². The van der Waals surface area contributed by atoms with Crippen LogP contribution in [0.25, 0.3) is 0 Å². The Bertz CT molecular complexity index is 2280. The minimum atomic E-state index is -1.26. The molecule has 6 aromatic rings. The third-order valence-electron chi connectivity index (χ3n) is 10.9. The minimum Gasteiger partial charge on any atom is -0.508 e. The number of aliphatic hydroxyl groups excluding tert-OH is 2. The van der Waals surface area contributed by atoms with E-state index in [9.17, 15) is 50.4 Å². The van der Waals surface area contributed by atoms with E-state index in [0.29, 0.717) is 36.4 Å². The van der Waals surface area contributed by atoms with Gasteiger partial charge in [-0.25, -0.2) is 9.59 Å². The number of aromatic hydroxyl groups is 6. The van der Waals surface area contributed by atoms with E-state index in [2.05, 4.69) is 37.5 Å². The number of hydrogen-bond acceptors (Lipinski definition) is 12. The first-order valence-corrected chi connectivity index (χ1v) is 20.9. The molecule has 0 bridgehead atoms. The van der Waals surface area contributed by atoms with E-state index in [1.165, 1.54) is 36.4 Å². The Hall–Kier alpha value is -7.36. The normalized spacial score (nSPS) is 12.4. The maximum atomic E-state index is 10.9. The molecule has 2 unspecified atom stereocenters. The van der Waals surface area contributed by atoms with E-state index in [4.69, 9.17) is 10.2 Å². The zero-order valence-corrected chi connectivity index (χ0v) is 37.2. The Morgan fingerprint density at radius 2 is 0.742 bits per heavy atom. The number of phenols is 6. The van der Waals surface area contributed by atoms with Crippen LogP contribution in [0.2, 0.25) is 0 Å². The average Bonchev–Trinajstić information content (AvgIpc) is 3.26. The standard InChI is InChI=1S/2C24H27NO4.C4H4O4/c2*1-24(2,19-8-10-20(26)11-9-19)25(15-17-6-4-3-5-7-17)16-23(29)18-12-21(27)14-22(28)13-18;5-3(6)1-2-4(7)8/h2*3-14,23,26-29H,15-16H2,1-2H3;1-2H,(H,5,6)(H,7,8)/b;;2-1+. The molecule has 0 aliphatic heterocycles. The molecule has 0 radical (unpaired) electrons. The first kappa shape index (κ1) is 51.3. The highest BCUT2D eigenvalue weighted by Gasteiger charge is 2.32. The van der Waals surface area contributed by atoms with Crippen LogP contribution in [-0.2, 0) is 33.8 Å². The van der Waals surface area contributed by atoms with Gasteiger partial charge in [0.2, 0.25) is 0 Å². The maximum absolute atomic E-state index is 10.9. The van der Waals surface area contributed by atoms with Gasteiger partial charge < -0.3 is 51.1 Å². The lowest BCUT2D eigenvalue weighted by Crippen LogP contribution is -2.43. The van der Waals surface area contributed by atoms with Crippen molar-refractivity contribution in [3.05, 3.63) is 191 Å². The monoisotopic (exact) mass is 902 g/mol. The van der Waals surface area contributed by atoms with Gasteiger partial charge in [-0.3, -0.25) is 9.80 Å². The van der Waals surface area contributed by atoms with Gasteiger partial charge in [0.1, 0.15) is 34.5 Å². The second-order valence-corrected chi connectivity index (χ2v) is 16.6. The highest BCUT2D eigenvalue weighted by Crippen LogP contribution is 2.35. The summed E-state index contributed by atoms with van der Waals surface area (Å²) >= 11 is 0. The molecule has 0 heterocycles. The fourth-order valence-electron chi connectivity index (χ4n) is 7.08. The number of carboxylic acids is 2. The summed E-state index contributed by atoms with van der Waals surface area (Å²) in [6.07, 6.45) is -0.703. The average molecular weight is 903 g/mol. The second kappa shape index (κ2) is 23.5. The first-order valence-electron chi connectivity index (χ1n) is 20.9. The van der Waals surface area contributed by atoms with Gasteiger partial charge in [-0.1, -0.05) is 84.9 Å². The molecule has 0 aromatic heterocycles. The minimum absolute atomic E-state index is 0.0912. The quantitative estimate of drug-likeness (QED) is 0.0411. The lowest BCUT2D eigenvalue weighted by atomic mass is 9.90. The summed E-state index contributed by atoms with van der Waals surface area (Å²) in [6, 6.07) is 42.4. The molecule has 348 valence electrons. The van der Waals surface area contributed by atoms with Gasteiger partial charge in [0.15, 0.2) is 0 Å². The topological polar surface area (TPSA) is 243 Å². The SMILES string of the molecule is CC(C)(c1ccc(O)cc1)N(Cc1ccccc1)CC(O)c1cc(O)cc(O)c1.CC(C)(c1ccc(O)cc1)N(Cc1ccccc1)CC(O)c1cc(O)cc(O)c1.O=C(O)/C=C/C(=O)O. The molecule has 66 heavy (non-hydrogen) atoms. The van der Waals surface area contributed by atoms with Crippen molar-refractivity contribution in [1.82, 2.24) is 9.80 Å². The molecule has 2 atom stereocenters. The molecule has 0 aliphatic rings. The van der Waals surface area contributed by atoms with Crippen LogP contribution in [0.15, 0.2) is 158 Å². The fraction of sp³-hybridized carbons (Fsp3) is 0.231. The van der Waals surface area contributed by atoms with E-state index >= 15 is 0 Å². The molecule has 0 saturated heterocycles. The molecule has 6 aromatic carbocycles. The first-order chi connectivity index (χ1) is 31.1. The number of aliphatic carboxylic acids is 2. The fourth-order valence-corrected chi connectivity index (χ4v) is 7.08. The van der Waals surface area contributed by atoms with Crippen molar-refractivity contribution in [3.8, 4) is 34.5 Å². The number of carbonyl (C=O) groups is 2. The van der Waals surface area contributed by atoms with Gasteiger partial charge in [-0.15, -0.1) is 0 Å². The number of aliphatic hydroxyl groups is 2. The summed E-state index contributed by atoms with van der Waals surface area (Å²) < 4.78 is 0. The zero-order valence-electron chi connectivity index (χ0n) is 37.2. The predicted molar refractivity (Wildman–Crippen MR) is 250 cm³/mol. The highest BCUT2D eigenvalue weighted by molar-refractivity contribution is 5.89. The van der Waals surface area contributed by atoms with Gasteiger partial charge >= 0.3 is 11.9 Å². The van der Waals surface area contributed by atoms with Crippen molar-refractivity contribution >= 4 is 11.9 Å². The maximum Gasteiger partial charge on any atom is 0.328 e. The summed E-state index contributed by atoms with van der Waals surface area (Å²) in [5.41, 5.74) is 4.18. The molecule has 14 heteroatoms. The Balaban J connectivity index is 0.000000248. The van der Waals surface area contributed by atoms with Gasteiger partial charge in [0.25, 0.3) is 0 Å². The number of nitrogens with zero attached hydrogens (tertiary/aromatic N) is 2. The largest absolute Gasteiger partial charge is 0.508 e. The summed E-state index contributed by atoms with van der Waals surface area (Å²) in [7, 11) is 0. The van der Waals surface area contributed by atoms with Crippen LogP contribution in [-0.4, -0.2) is 85.9 Å². The van der Waals surface area contributed by atoms with Crippen molar-refractivity contribution < 1.29 is 60.7 Å². The molecule has 0 saturated carbocycles. The van der Waals surface area contributed by atoms with Crippen LogP contribution in [0.1, 0.15) is 73.3 Å². The Morgan fingerprint density at radius 3 is 1.02 bits per heavy atom. The Kier molecular flexibility index (Phi) is 18.3. The van der Waals surface area contributed by atoms with Crippen molar-refractivity contribution in [2.75, 3.05) is 13.1 Å². The highest BCUT2D eigenvalue weighted by atomic mass is 16.4. The van der Waals surface area contributed by atoms with Crippen molar-refractivity contribution in [3.63, 3.8) is 0 Å². The van der Waals surface area contributed by atoms with Crippen molar-refractivity contribution in [1.29, 1.82) is 0 Å². The van der Waals surface area contributed by atoms with E-state index in [-0.39, 0.29) is 47.6 Å². The lowest BCUT2D eigenvalue weighted by molar-refractivity contribution is -0.134. The number of carboxylic acid groups (broad SMARTS) is 2. The predicted octanol–water partition coefficient (Wildman–Crippen LogP) is 8.26. The molecule has 6 rings (SSSR count). The van der Waals surface area contributed by atoms with E-state index in [1.807, 2.05) is 84.9 Å². The van der Waals surface area contributed by atoms with Crippen LogP contribution in [0.5, 0.6) is 34.5 Å². The van der Waals surface area contributed by atoms with E-state index in [1.54, 1.807) is 24.3 Å². The van der Waals surface area contributed by atoms with Crippen molar-refractivity contribution in [2.45, 2.75) is 64.1 Å². The van der Waals surface area contributed by atoms with Crippen LogP contribution in [0, 0.1) is 0 Å². The van der Waals surface area contributed by atoms with Crippen molar-refractivity contribution in [2.24, 2.45) is 0 Å². The van der Waals surface area contributed by atoms with Crippen LogP contribution >= 0.6 is 0 Å². The number of hydrogen-bond donors (Lipinski definition) is 10. The molecule has 0 fully saturated rings. The molecule has 14 nitrogen and oxygen atoms in total. The second-order valence-electron chi connectivity index (χ2n) is 16.6. The summed E-state index contributed by atoms with van der Waals surface area (Å²) in [5, 5.41) is 95.7. The Morgan fingerprint density at radius 1 is 0.455 bits per heavy atom.